The molecule has 3 heterocycles. The van der Waals surface area contributed by atoms with Crippen LogP contribution in [0, 0.1) is 11.8 Å². The van der Waals surface area contributed by atoms with Crippen LogP contribution >= 0.6 is 15.9 Å². The van der Waals surface area contributed by atoms with Crippen molar-refractivity contribution in [3.63, 3.8) is 0 Å². The largest absolute Gasteiger partial charge is 0.395 e. The molecule has 9 heteroatoms. The maximum atomic E-state index is 13.1. The summed E-state index contributed by atoms with van der Waals surface area (Å²) in [6.45, 7) is 2.42. The van der Waals surface area contributed by atoms with Gasteiger partial charge in [-0.3, -0.25) is 14.4 Å². The number of hydrogen-bond donors (Lipinski definition) is 3. The molecule has 6 atom stereocenters. The SMILES string of the molecule is CCCCCNC(=O)C1N(CCO)C(=O)[C@@H]2[C@H](C(=O)NC)[C@H]3OC12CC3Br. The summed E-state index contributed by atoms with van der Waals surface area (Å²) in [6, 6.07) is -0.830. The van der Waals surface area contributed by atoms with E-state index < -0.39 is 29.6 Å². The summed E-state index contributed by atoms with van der Waals surface area (Å²) in [5.41, 5.74) is -1.03. The van der Waals surface area contributed by atoms with Crippen LogP contribution in [0.15, 0.2) is 0 Å². The van der Waals surface area contributed by atoms with Gasteiger partial charge in [0.05, 0.1) is 24.5 Å². The Bertz CT molecular complexity index is 618. The first-order chi connectivity index (χ1) is 12.9. The molecule has 0 aromatic carbocycles. The number of aliphatic hydroxyl groups is 1. The molecule has 0 aliphatic carbocycles. The van der Waals surface area contributed by atoms with Gasteiger partial charge >= 0.3 is 0 Å². The van der Waals surface area contributed by atoms with E-state index in [4.69, 9.17) is 4.74 Å². The van der Waals surface area contributed by atoms with E-state index in [9.17, 15) is 19.5 Å². The normalized spacial score (nSPS) is 36.8. The van der Waals surface area contributed by atoms with Crippen molar-refractivity contribution >= 4 is 33.7 Å². The van der Waals surface area contributed by atoms with E-state index in [-0.39, 0.29) is 35.7 Å². The van der Waals surface area contributed by atoms with Crippen molar-refractivity contribution in [2.75, 3.05) is 26.7 Å². The number of halogens is 1. The molecule has 3 amide bonds. The summed E-state index contributed by atoms with van der Waals surface area (Å²) < 4.78 is 6.23. The van der Waals surface area contributed by atoms with Gasteiger partial charge < -0.3 is 25.4 Å². The zero-order chi connectivity index (χ0) is 19.8. The summed E-state index contributed by atoms with van der Waals surface area (Å²) in [4.78, 5) is 40.0. The zero-order valence-corrected chi connectivity index (χ0v) is 17.3. The lowest BCUT2D eigenvalue weighted by Gasteiger charge is -2.33. The van der Waals surface area contributed by atoms with Crippen LogP contribution in [-0.4, -0.2) is 77.0 Å². The van der Waals surface area contributed by atoms with Gasteiger partial charge in [0, 0.05) is 25.0 Å². The van der Waals surface area contributed by atoms with E-state index in [2.05, 4.69) is 33.5 Å². The Kier molecular flexibility index (Phi) is 6.12. The van der Waals surface area contributed by atoms with E-state index in [0.29, 0.717) is 13.0 Å². The van der Waals surface area contributed by atoms with Gasteiger partial charge in [-0.15, -0.1) is 0 Å². The van der Waals surface area contributed by atoms with E-state index in [1.807, 2.05) is 0 Å². The third-order valence-electron chi connectivity index (χ3n) is 6.01. The Hall–Kier alpha value is -1.19. The van der Waals surface area contributed by atoms with Gasteiger partial charge in [0.1, 0.15) is 11.6 Å². The Morgan fingerprint density at radius 1 is 1.37 bits per heavy atom. The van der Waals surface area contributed by atoms with Crippen molar-refractivity contribution in [3.8, 4) is 0 Å². The lowest BCUT2D eigenvalue weighted by molar-refractivity contribution is -0.142. The fourth-order valence-corrected chi connectivity index (χ4v) is 5.87. The third kappa shape index (κ3) is 3.17. The lowest BCUT2D eigenvalue weighted by atomic mass is 9.70. The van der Waals surface area contributed by atoms with Crippen molar-refractivity contribution in [1.29, 1.82) is 0 Å². The van der Waals surface area contributed by atoms with Gasteiger partial charge in [0.25, 0.3) is 0 Å². The van der Waals surface area contributed by atoms with Crippen LogP contribution in [-0.2, 0) is 19.1 Å². The third-order valence-corrected chi connectivity index (χ3v) is 6.85. The smallest absolute Gasteiger partial charge is 0.245 e. The molecule has 2 bridgehead atoms. The summed E-state index contributed by atoms with van der Waals surface area (Å²) >= 11 is 3.58. The number of carbonyl (C=O) groups excluding carboxylic acids is 3. The van der Waals surface area contributed by atoms with Crippen LogP contribution in [0.5, 0.6) is 0 Å². The molecule has 1 spiro atoms. The van der Waals surface area contributed by atoms with Gasteiger partial charge in [-0.2, -0.15) is 0 Å². The number of amides is 3. The molecule has 27 heavy (non-hydrogen) atoms. The van der Waals surface area contributed by atoms with Crippen molar-refractivity contribution in [1.82, 2.24) is 15.5 Å². The van der Waals surface area contributed by atoms with Crippen molar-refractivity contribution in [2.45, 2.75) is 55.2 Å². The molecular weight excluding hydrogens is 418 g/mol. The summed E-state index contributed by atoms with van der Waals surface area (Å²) in [6.07, 6.45) is 2.97. The molecule has 0 aromatic heterocycles. The van der Waals surface area contributed by atoms with Gasteiger partial charge in [-0.25, -0.2) is 0 Å². The number of hydrogen-bond acceptors (Lipinski definition) is 5. The van der Waals surface area contributed by atoms with Crippen LogP contribution in [0.1, 0.15) is 32.6 Å². The Balaban J connectivity index is 1.90. The molecule has 3 aliphatic rings. The molecule has 3 unspecified atom stereocenters. The molecule has 3 N–H and O–H groups in total. The van der Waals surface area contributed by atoms with Gasteiger partial charge in [-0.1, -0.05) is 35.7 Å². The first-order valence-electron chi connectivity index (χ1n) is 9.65. The Morgan fingerprint density at radius 3 is 2.74 bits per heavy atom. The average molecular weight is 446 g/mol. The molecule has 3 saturated heterocycles. The van der Waals surface area contributed by atoms with E-state index >= 15 is 0 Å². The predicted molar refractivity (Wildman–Crippen MR) is 101 cm³/mol. The molecule has 0 radical (unpaired) electrons. The summed E-state index contributed by atoms with van der Waals surface area (Å²) in [5.74, 6) is -2.15. The second kappa shape index (κ2) is 8.05. The first kappa shape index (κ1) is 20.5. The maximum absolute atomic E-state index is 13.1. The number of aliphatic hydroxyl groups excluding tert-OH is 1. The number of rotatable bonds is 8. The maximum Gasteiger partial charge on any atom is 0.245 e. The van der Waals surface area contributed by atoms with Gasteiger partial charge in [0.2, 0.25) is 17.7 Å². The molecule has 3 aliphatic heterocycles. The number of unbranched alkanes of at least 4 members (excludes halogenated alkanes) is 2. The Morgan fingerprint density at radius 2 is 2.11 bits per heavy atom. The number of nitrogens with zero attached hydrogens (tertiary/aromatic N) is 1. The minimum absolute atomic E-state index is 0.0472. The summed E-state index contributed by atoms with van der Waals surface area (Å²) in [7, 11) is 1.53. The molecule has 8 nitrogen and oxygen atoms in total. The highest BCUT2D eigenvalue weighted by molar-refractivity contribution is 9.09. The highest BCUT2D eigenvalue weighted by atomic mass is 79.9. The molecule has 152 valence electrons. The zero-order valence-electron chi connectivity index (χ0n) is 15.7. The quantitative estimate of drug-likeness (QED) is 0.353. The number of carbonyl (C=O) groups is 3. The molecule has 0 saturated carbocycles. The minimum atomic E-state index is -1.03. The number of likely N-dealkylation sites (tertiary alicyclic amines) is 1. The predicted octanol–water partition coefficient (Wildman–Crippen LogP) is -0.221. The minimum Gasteiger partial charge on any atom is -0.395 e. The van der Waals surface area contributed by atoms with Crippen LogP contribution in [0.3, 0.4) is 0 Å². The molecule has 0 aromatic rings. The lowest BCUT2D eigenvalue weighted by Crippen LogP contribution is -2.56. The van der Waals surface area contributed by atoms with E-state index in [1.54, 1.807) is 0 Å². The fraction of sp³-hybridized carbons (Fsp3) is 0.833. The second-order valence-corrected chi connectivity index (χ2v) is 8.71. The van der Waals surface area contributed by atoms with Crippen LogP contribution in [0.4, 0.5) is 0 Å². The number of fused-ring (bicyclic) bond motifs is 1. The Labute approximate surface area is 167 Å². The number of alkyl halides is 1. The summed E-state index contributed by atoms with van der Waals surface area (Å²) in [5, 5.41) is 15.0. The topological polar surface area (TPSA) is 108 Å². The first-order valence-corrected chi connectivity index (χ1v) is 10.6. The average Bonchev–Trinajstić information content (AvgIpc) is 3.22. The van der Waals surface area contributed by atoms with Crippen LogP contribution in [0.2, 0.25) is 0 Å². The fourth-order valence-electron chi connectivity index (χ4n) is 4.93. The van der Waals surface area contributed by atoms with Gasteiger partial charge in [0.15, 0.2) is 0 Å². The van der Waals surface area contributed by atoms with Crippen molar-refractivity contribution < 1.29 is 24.2 Å². The molecular formula is C18H28BrN3O5. The molecule has 3 rings (SSSR count). The monoisotopic (exact) mass is 445 g/mol. The van der Waals surface area contributed by atoms with Crippen LogP contribution < -0.4 is 10.6 Å². The van der Waals surface area contributed by atoms with E-state index in [1.165, 1.54) is 11.9 Å². The van der Waals surface area contributed by atoms with Crippen molar-refractivity contribution in [3.05, 3.63) is 0 Å². The van der Waals surface area contributed by atoms with Crippen molar-refractivity contribution in [2.24, 2.45) is 11.8 Å². The van der Waals surface area contributed by atoms with Gasteiger partial charge in [-0.05, 0) is 12.8 Å². The number of ether oxygens (including phenoxy) is 1. The number of β-amino-alcohol motifs (C(OH)–C–C–N with tert-alkyl or cyclic N) is 1. The van der Waals surface area contributed by atoms with Crippen LogP contribution in [0.25, 0.3) is 0 Å². The standard InChI is InChI=1S/C18H28BrN3O5/c1-3-4-5-6-21-16(25)14-18-9-10(19)13(27-18)11(15(24)20-2)12(18)17(26)22(14)7-8-23/h10-14,23H,3-9H2,1-2H3,(H,20,24)(H,21,25)/t10?,11-,12-,13-,14?,18?/m0/s1. The molecule has 3 fully saturated rings. The number of nitrogens with one attached hydrogen (secondary N) is 2. The highest BCUT2D eigenvalue weighted by Gasteiger charge is 2.76. The van der Waals surface area contributed by atoms with E-state index in [0.717, 1.165) is 19.3 Å². The second-order valence-electron chi connectivity index (χ2n) is 7.53. The highest BCUT2D eigenvalue weighted by Crippen LogP contribution is 2.59.